The predicted octanol–water partition coefficient (Wildman–Crippen LogP) is 2.47. The van der Waals surface area contributed by atoms with Crippen molar-refractivity contribution in [1.82, 2.24) is 0 Å². The van der Waals surface area contributed by atoms with Crippen LogP contribution in [0, 0.1) is 0 Å². The topological polar surface area (TPSA) is 38.0 Å². The highest BCUT2D eigenvalue weighted by Crippen LogP contribution is 2.16. The Kier molecular flexibility index (Phi) is 2.77. The van der Waals surface area contributed by atoms with Crippen LogP contribution in [0.15, 0.2) is 24.3 Å². The zero-order chi connectivity index (χ0) is 10.6. The van der Waals surface area contributed by atoms with Crippen LogP contribution < -0.4 is 11.0 Å². The molecule has 1 aromatic rings. The van der Waals surface area contributed by atoms with Crippen LogP contribution in [-0.4, -0.2) is 5.11 Å². The lowest BCUT2D eigenvalue weighted by Crippen LogP contribution is -2.18. The minimum Gasteiger partial charge on any atom is -0.376 e. The molecule has 0 bridgehead atoms. The Morgan fingerprint density at radius 3 is 2.54 bits per heavy atom. The first-order valence-corrected chi connectivity index (χ1v) is 4.63. The molecule has 0 aliphatic heterocycles. The lowest BCUT2D eigenvalue weighted by atomic mass is 10.0. The molecule has 1 rings (SSSR count). The van der Waals surface area contributed by atoms with Gasteiger partial charge in [-0.3, -0.25) is 0 Å². The third kappa shape index (κ3) is 3.03. The average molecular weight is 196 g/mol. The van der Waals surface area contributed by atoms with Gasteiger partial charge in [0.15, 0.2) is 6.52 Å². The summed E-state index contributed by atoms with van der Waals surface area (Å²) in [6.07, 6.45) is 0. The maximum atomic E-state index is 6.81. The van der Waals surface area contributed by atoms with Crippen molar-refractivity contribution in [3.8, 4) is 0 Å². The molecule has 0 radical (unpaired) electrons. The number of hydrogen-bond donors (Lipinski definition) is 2. The Labute approximate surface area is 85.6 Å². The third-order valence-electron chi connectivity index (χ3n) is 1.84. The summed E-state index contributed by atoms with van der Waals surface area (Å²) in [6.45, 7) is 4.30. The molecule has 3 N–H and O–H groups in total. The molecule has 0 heterocycles. The average Bonchev–Trinajstić information content (AvgIpc) is 2.18. The fraction of sp³-hybridized carbons (Fsp3) is 0.300. The molecule has 0 atom stereocenters. The predicted molar refractivity (Wildman–Crippen MR) is 60.9 cm³/mol. The molecule has 1 aromatic carbocycles. The first-order valence-electron chi connectivity index (χ1n) is 4.72. The molecule has 0 saturated heterocycles. The summed E-state index contributed by atoms with van der Waals surface area (Å²) in [5.74, 6) is 0.533. The SMILES string of the molecule is [3H]NC(=S)Nc1ccc(C(C)C)cc1. The normalized spacial score (nSPS) is 10.8. The van der Waals surface area contributed by atoms with Crippen molar-refractivity contribution in [2.45, 2.75) is 19.8 Å². The van der Waals surface area contributed by atoms with E-state index in [0.29, 0.717) is 11.0 Å². The van der Waals surface area contributed by atoms with Crippen molar-refractivity contribution >= 4 is 23.0 Å². The van der Waals surface area contributed by atoms with Gasteiger partial charge in [0.1, 0.15) is 0 Å². The van der Waals surface area contributed by atoms with E-state index in [2.05, 4.69) is 37.0 Å². The summed E-state index contributed by atoms with van der Waals surface area (Å²) in [7, 11) is 0. The summed E-state index contributed by atoms with van der Waals surface area (Å²) >= 11 is 4.81. The lowest BCUT2D eigenvalue weighted by molar-refractivity contribution is 0.867. The van der Waals surface area contributed by atoms with E-state index in [1.54, 1.807) is 0 Å². The maximum Gasteiger partial charge on any atom is 0.168 e. The molecule has 13 heavy (non-hydrogen) atoms. The van der Waals surface area contributed by atoms with E-state index in [1.165, 1.54) is 5.56 Å². The second kappa shape index (κ2) is 4.23. The van der Waals surface area contributed by atoms with Gasteiger partial charge in [0.2, 0.25) is 0 Å². The van der Waals surface area contributed by atoms with E-state index >= 15 is 0 Å². The van der Waals surface area contributed by atoms with Crippen molar-refractivity contribution in [3.05, 3.63) is 29.8 Å². The van der Waals surface area contributed by atoms with Gasteiger partial charge in [-0.1, -0.05) is 26.0 Å². The summed E-state index contributed by atoms with van der Waals surface area (Å²) < 4.78 is 6.81. The van der Waals surface area contributed by atoms with E-state index in [0.717, 1.165) is 5.69 Å². The number of thiocarbonyl (C=S) groups is 1. The fourth-order valence-corrected chi connectivity index (χ4v) is 1.20. The van der Waals surface area contributed by atoms with Crippen molar-refractivity contribution in [2.24, 2.45) is 5.73 Å². The molecule has 0 fully saturated rings. The number of nitrogens with one attached hydrogen (secondary N) is 1. The third-order valence-corrected chi connectivity index (χ3v) is 1.94. The molecule has 0 saturated carbocycles. The fourth-order valence-electron chi connectivity index (χ4n) is 1.08. The van der Waals surface area contributed by atoms with E-state index in [1.807, 2.05) is 12.1 Å². The van der Waals surface area contributed by atoms with Gasteiger partial charge in [-0.05, 0) is 35.8 Å². The Morgan fingerprint density at radius 1 is 1.46 bits per heavy atom. The Morgan fingerprint density at radius 2 is 2.08 bits per heavy atom. The van der Waals surface area contributed by atoms with Gasteiger partial charge in [0, 0.05) is 5.69 Å². The van der Waals surface area contributed by atoms with E-state index in [-0.39, 0.29) is 0 Å². The summed E-state index contributed by atoms with van der Waals surface area (Å²) in [5.41, 5.74) is 4.32. The first-order chi connectivity index (χ1) is 6.63. The zero-order valence-corrected chi connectivity index (χ0v) is 8.61. The van der Waals surface area contributed by atoms with Crippen molar-refractivity contribution in [3.63, 3.8) is 0 Å². The smallest absolute Gasteiger partial charge is 0.168 e. The van der Waals surface area contributed by atoms with Crippen LogP contribution in [0.5, 0.6) is 0 Å². The van der Waals surface area contributed by atoms with Crippen molar-refractivity contribution in [2.75, 3.05) is 5.32 Å². The second-order valence-corrected chi connectivity index (χ2v) is 3.64. The molecule has 0 aromatic heterocycles. The molecule has 70 valence electrons. The van der Waals surface area contributed by atoms with Gasteiger partial charge >= 0.3 is 0 Å². The Hall–Kier alpha value is -1.09. The van der Waals surface area contributed by atoms with Gasteiger partial charge in [0.05, 0.1) is 0 Å². The Balaban J connectivity index is 2.69. The lowest BCUT2D eigenvalue weighted by Gasteiger charge is -2.07. The van der Waals surface area contributed by atoms with Gasteiger partial charge in [-0.25, -0.2) is 0 Å². The zero-order valence-electron chi connectivity index (χ0n) is 8.79. The molecule has 3 heteroatoms. The Bertz CT molecular complexity index is 308. The maximum absolute atomic E-state index is 6.81. The summed E-state index contributed by atoms with van der Waals surface area (Å²) in [6, 6.07) is 8.02. The quantitative estimate of drug-likeness (QED) is 0.714. The molecule has 0 amide bonds. The van der Waals surface area contributed by atoms with Gasteiger partial charge < -0.3 is 11.0 Å². The molecule has 0 spiro atoms. The number of hydrogen-bond acceptors (Lipinski definition) is 1. The van der Waals surface area contributed by atoms with E-state index in [9.17, 15) is 0 Å². The number of nitrogens with two attached hydrogens (primary N) is 1. The van der Waals surface area contributed by atoms with Crippen LogP contribution in [0.1, 0.15) is 25.3 Å². The molecule has 0 unspecified atom stereocenters. The van der Waals surface area contributed by atoms with Crippen LogP contribution in [-0.2, 0) is 0 Å². The number of rotatable bonds is 2. The summed E-state index contributed by atoms with van der Waals surface area (Å²) in [5, 5.41) is 3.20. The van der Waals surface area contributed by atoms with Crippen LogP contribution in [0.4, 0.5) is 5.69 Å². The first kappa shape index (κ1) is 8.51. The van der Waals surface area contributed by atoms with Crippen molar-refractivity contribution < 1.29 is 1.41 Å². The standard InChI is InChI=1S/C10H14N2S/c1-7(2)8-3-5-9(6-4-8)12-10(11)13/h3-7H,1-2H3,(H3,11,12,13)/i/hT. The summed E-state index contributed by atoms with van der Waals surface area (Å²) in [4.78, 5) is 0. The number of benzene rings is 1. The van der Waals surface area contributed by atoms with Crippen LogP contribution in [0.25, 0.3) is 0 Å². The molecule has 0 aliphatic carbocycles. The van der Waals surface area contributed by atoms with Gasteiger partial charge in [0.25, 0.3) is 0 Å². The van der Waals surface area contributed by atoms with Gasteiger partial charge in [-0.15, -0.1) is 0 Å². The van der Waals surface area contributed by atoms with Crippen molar-refractivity contribution in [1.29, 1.82) is 0 Å². The monoisotopic (exact) mass is 196 g/mol. The van der Waals surface area contributed by atoms with Crippen LogP contribution in [0.2, 0.25) is 1.41 Å². The highest BCUT2D eigenvalue weighted by atomic mass is 32.1. The second-order valence-electron chi connectivity index (χ2n) is 3.23. The van der Waals surface area contributed by atoms with E-state index < -0.39 is 0 Å². The minimum atomic E-state index is 0.308. The molecule has 2 nitrogen and oxygen atoms in total. The molecule has 0 aliphatic rings. The highest BCUT2D eigenvalue weighted by molar-refractivity contribution is 7.80. The number of anilines is 1. The highest BCUT2D eigenvalue weighted by Gasteiger charge is 1.98. The largest absolute Gasteiger partial charge is 0.376 e. The van der Waals surface area contributed by atoms with Crippen LogP contribution >= 0.6 is 12.2 Å². The molecular formula is C10H14N2S. The van der Waals surface area contributed by atoms with Crippen LogP contribution in [0.3, 0.4) is 0 Å². The molecular weight excluding hydrogens is 180 g/mol. The van der Waals surface area contributed by atoms with E-state index in [4.69, 9.17) is 13.6 Å². The minimum absolute atomic E-state index is 0.308. The van der Waals surface area contributed by atoms with Gasteiger partial charge in [-0.2, -0.15) is 0 Å².